The number of amides is 2. The monoisotopic (exact) mass is 397 g/mol. The maximum absolute atomic E-state index is 13.4. The van der Waals surface area contributed by atoms with Gasteiger partial charge in [0.25, 0.3) is 11.8 Å². The van der Waals surface area contributed by atoms with E-state index in [9.17, 15) is 9.59 Å². The number of hydrogen-bond donors (Lipinski definition) is 1. The first-order valence-electron chi connectivity index (χ1n) is 10.0. The molecule has 0 spiro atoms. The molecule has 2 heterocycles. The van der Waals surface area contributed by atoms with Crippen molar-refractivity contribution in [2.75, 3.05) is 38.5 Å². The topological polar surface area (TPSA) is 52.7 Å². The van der Waals surface area contributed by atoms with Gasteiger partial charge in [-0.3, -0.25) is 9.59 Å². The summed E-state index contributed by atoms with van der Waals surface area (Å²) < 4.78 is 0. The lowest BCUT2D eigenvalue weighted by atomic mass is 9.88. The van der Waals surface area contributed by atoms with Crippen molar-refractivity contribution in [2.24, 2.45) is 5.92 Å². The number of piperazine rings is 1. The van der Waals surface area contributed by atoms with Gasteiger partial charge in [-0.05, 0) is 49.9 Å². The first-order chi connectivity index (χ1) is 13.5. The van der Waals surface area contributed by atoms with Crippen LogP contribution in [0.15, 0.2) is 30.3 Å². The largest absolute Gasteiger partial charge is 0.336 e. The van der Waals surface area contributed by atoms with Crippen molar-refractivity contribution < 1.29 is 9.59 Å². The molecule has 148 valence electrons. The Morgan fingerprint density at radius 3 is 2.54 bits per heavy atom. The zero-order chi connectivity index (χ0) is 19.7. The Morgan fingerprint density at radius 1 is 1.11 bits per heavy atom. The zero-order valence-electron chi connectivity index (χ0n) is 16.5. The fraction of sp³-hybridized carbons (Fsp3) is 0.455. The Labute approximate surface area is 170 Å². The Balaban J connectivity index is 1.65. The molecule has 28 heavy (non-hydrogen) atoms. The summed E-state index contributed by atoms with van der Waals surface area (Å²) in [5.74, 6) is 0.540. The van der Waals surface area contributed by atoms with Crippen LogP contribution in [0.1, 0.15) is 44.5 Å². The molecule has 1 atom stereocenters. The van der Waals surface area contributed by atoms with Gasteiger partial charge in [0, 0.05) is 36.6 Å². The summed E-state index contributed by atoms with van der Waals surface area (Å²) in [7, 11) is 2.08. The van der Waals surface area contributed by atoms with Crippen LogP contribution >= 0.6 is 11.3 Å². The van der Waals surface area contributed by atoms with E-state index < -0.39 is 0 Å². The van der Waals surface area contributed by atoms with Gasteiger partial charge in [0.1, 0.15) is 5.00 Å². The van der Waals surface area contributed by atoms with E-state index in [1.807, 2.05) is 23.1 Å². The van der Waals surface area contributed by atoms with Gasteiger partial charge in [0.05, 0.1) is 5.56 Å². The summed E-state index contributed by atoms with van der Waals surface area (Å²) in [6, 6.07) is 9.20. The van der Waals surface area contributed by atoms with Gasteiger partial charge in [-0.15, -0.1) is 11.3 Å². The first kappa shape index (κ1) is 19.2. The minimum atomic E-state index is -0.153. The maximum atomic E-state index is 13.4. The molecule has 1 saturated heterocycles. The van der Waals surface area contributed by atoms with Crippen molar-refractivity contribution in [3.05, 3.63) is 51.9 Å². The van der Waals surface area contributed by atoms with E-state index in [1.54, 1.807) is 23.5 Å². The summed E-state index contributed by atoms with van der Waals surface area (Å²) in [4.78, 5) is 31.6. The number of rotatable bonds is 3. The van der Waals surface area contributed by atoms with Crippen molar-refractivity contribution >= 4 is 28.2 Å². The molecular weight excluding hydrogens is 370 g/mol. The molecular formula is C22H27N3O2S. The molecule has 0 radical (unpaired) electrons. The van der Waals surface area contributed by atoms with Gasteiger partial charge in [-0.2, -0.15) is 0 Å². The molecule has 1 aliphatic carbocycles. The number of carbonyl (C=O) groups is 2. The van der Waals surface area contributed by atoms with Gasteiger partial charge < -0.3 is 15.1 Å². The van der Waals surface area contributed by atoms with Crippen LogP contribution < -0.4 is 5.32 Å². The summed E-state index contributed by atoms with van der Waals surface area (Å²) in [5.41, 5.74) is 2.51. The molecule has 1 N–H and O–H groups in total. The van der Waals surface area contributed by atoms with Crippen molar-refractivity contribution in [1.82, 2.24) is 9.80 Å². The van der Waals surface area contributed by atoms with E-state index in [2.05, 4.69) is 24.2 Å². The van der Waals surface area contributed by atoms with E-state index in [1.165, 1.54) is 4.88 Å². The lowest BCUT2D eigenvalue weighted by Gasteiger charge is -2.33. The van der Waals surface area contributed by atoms with E-state index in [-0.39, 0.29) is 11.8 Å². The molecule has 2 aromatic rings. The molecule has 5 nitrogen and oxygen atoms in total. The average molecular weight is 398 g/mol. The first-order valence-corrected chi connectivity index (χ1v) is 10.8. The van der Waals surface area contributed by atoms with Crippen LogP contribution in [0.25, 0.3) is 0 Å². The molecule has 1 aromatic heterocycles. The highest BCUT2D eigenvalue weighted by Gasteiger charge is 2.31. The summed E-state index contributed by atoms with van der Waals surface area (Å²) in [5, 5.41) is 3.77. The molecule has 0 saturated carbocycles. The predicted octanol–water partition coefficient (Wildman–Crippen LogP) is 3.51. The number of hydrogen-bond acceptors (Lipinski definition) is 4. The van der Waals surface area contributed by atoms with E-state index in [4.69, 9.17) is 0 Å². The van der Waals surface area contributed by atoms with Crippen LogP contribution in [-0.4, -0.2) is 54.8 Å². The Morgan fingerprint density at radius 2 is 1.82 bits per heavy atom. The number of benzene rings is 1. The highest BCUT2D eigenvalue weighted by atomic mass is 32.1. The van der Waals surface area contributed by atoms with E-state index in [0.717, 1.165) is 61.6 Å². The molecule has 1 aliphatic heterocycles. The minimum absolute atomic E-state index is 0.0727. The van der Waals surface area contributed by atoms with Gasteiger partial charge in [-0.1, -0.05) is 25.1 Å². The smallest absolute Gasteiger partial charge is 0.257 e. The number of carbonyl (C=O) groups excluding carboxylic acids is 2. The molecule has 1 aromatic carbocycles. The zero-order valence-corrected chi connectivity index (χ0v) is 17.3. The summed E-state index contributed by atoms with van der Waals surface area (Å²) in [6.07, 6.45) is 3.01. The fourth-order valence-electron chi connectivity index (χ4n) is 4.00. The standard InChI is InChI=1S/C22H27N3O2S/c1-15-8-9-17-18(14-15)28-21(23-20(26)16-6-4-3-5-7-16)19(17)22(27)25-12-10-24(2)11-13-25/h3-7,15H,8-14H2,1-2H3,(H,23,26)/t15-/m0/s1. The number of fused-ring (bicyclic) bond motifs is 1. The van der Waals surface area contributed by atoms with Crippen molar-refractivity contribution in [2.45, 2.75) is 26.2 Å². The second kappa shape index (κ2) is 8.05. The van der Waals surface area contributed by atoms with Crippen LogP contribution in [0.3, 0.4) is 0 Å². The molecule has 2 aliphatic rings. The third kappa shape index (κ3) is 3.84. The van der Waals surface area contributed by atoms with Crippen LogP contribution in [0, 0.1) is 5.92 Å². The highest BCUT2D eigenvalue weighted by Crippen LogP contribution is 2.40. The normalized spacial score (nSPS) is 19.9. The number of anilines is 1. The van der Waals surface area contributed by atoms with Gasteiger partial charge in [0.2, 0.25) is 0 Å². The SMILES string of the molecule is C[C@H]1CCc2c(sc(NC(=O)c3ccccc3)c2C(=O)N2CCN(C)CC2)C1. The van der Waals surface area contributed by atoms with Crippen LogP contribution in [0.2, 0.25) is 0 Å². The molecule has 0 unspecified atom stereocenters. The minimum Gasteiger partial charge on any atom is -0.336 e. The van der Waals surface area contributed by atoms with Gasteiger partial charge in [0.15, 0.2) is 0 Å². The number of nitrogens with zero attached hydrogens (tertiary/aromatic N) is 2. The van der Waals surface area contributed by atoms with E-state index in [0.29, 0.717) is 11.5 Å². The summed E-state index contributed by atoms with van der Waals surface area (Å²) >= 11 is 1.59. The molecule has 2 amide bonds. The summed E-state index contributed by atoms with van der Waals surface area (Å²) in [6.45, 7) is 5.51. The van der Waals surface area contributed by atoms with Crippen molar-refractivity contribution in [3.8, 4) is 0 Å². The third-order valence-corrected chi connectivity index (χ3v) is 6.95. The Hall–Kier alpha value is -2.18. The molecule has 0 bridgehead atoms. The van der Waals surface area contributed by atoms with E-state index >= 15 is 0 Å². The number of thiophene rings is 1. The third-order valence-electron chi connectivity index (χ3n) is 5.78. The van der Waals surface area contributed by atoms with Crippen LogP contribution in [-0.2, 0) is 12.8 Å². The van der Waals surface area contributed by atoms with Gasteiger partial charge >= 0.3 is 0 Å². The van der Waals surface area contributed by atoms with Crippen molar-refractivity contribution in [3.63, 3.8) is 0 Å². The van der Waals surface area contributed by atoms with Crippen molar-refractivity contribution in [1.29, 1.82) is 0 Å². The fourth-order valence-corrected chi connectivity index (χ4v) is 5.40. The van der Waals surface area contributed by atoms with Gasteiger partial charge in [-0.25, -0.2) is 0 Å². The Kier molecular flexibility index (Phi) is 5.51. The molecule has 4 rings (SSSR count). The second-order valence-electron chi connectivity index (χ2n) is 7.97. The second-order valence-corrected chi connectivity index (χ2v) is 9.08. The van der Waals surface area contributed by atoms with Crippen LogP contribution in [0.5, 0.6) is 0 Å². The lowest BCUT2D eigenvalue weighted by molar-refractivity contribution is 0.0664. The lowest BCUT2D eigenvalue weighted by Crippen LogP contribution is -2.47. The quantitative estimate of drug-likeness (QED) is 0.862. The average Bonchev–Trinajstić information content (AvgIpc) is 3.05. The predicted molar refractivity (Wildman–Crippen MR) is 113 cm³/mol. The molecule has 1 fully saturated rings. The number of likely N-dealkylation sites (N-methyl/N-ethyl adjacent to an activating group) is 1. The van der Waals surface area contributed by atoms with Crippen LogP contribution in [0.4, 0.5) is 5.00 Å². The number of nitrogens with one attached hydrogen (secondary N) is 1. The highest BCUT2D eigenvalue weighted by molar-refractivity contribution is 7.17. The Bertz CT molecular complexity index is 869. The molecule has 6 heteroatoms. The maximum Gasteiger partial charge on any atom is 0.257 e.